The normalized spacial score (nSPS) is 12.7. The Morgan fingerprint density at radius 1 is 1.50 bits per heavy atom. The van der Waals surface area contributed by atoms with Crippen LogP contribution in [-0.4, -0.2) is 33.7 Å². The fraction of sp³-hybridized carbons (Fsp3) is 0.500. The fourth-order valence-electron chi connectivity index (χ4n) is 1.13. The number of nitrogens with one attached hydrogen (secondary N) is 1. The number of primary amides is 1. The standard InChI is InChI=1S/C10H16N4OS/c1-7(2)14-8(9(11)15)6-16-10-12-4-3-5-13-10/h3-5,7-8,14H,6H2,1-2H3,(H2,11,15). The number of rotatable bonds is 6. The molecule has 1 aromatic heterocycles. The summed E-state index contributed by atoms with van der Waals surface area (Å²) >= 11 is 1.41. The zero-order valence-electron chi connectivity index (χ0n) is 9.38. The number of hydrogen-bond donors (Lipinski definition) is 2. The van der Waals surface area contributed by atoms with E-state index >= 15 is 0 Å². The van der Waals surface area contributed by atoms with Crippen molar-refractivity contribution in [2.24, 2.45) is 5.73 Å². The van der Waals surface area contributed by atoms with Crippen LogP contribution in [0, 0.1) is 0 Å². The van der Waals surface area contributed by atoms with E-state index in [1.807, 2.05) is 13.8 Å². The van der Waals surface area contributed by atoms with E-state index in [0.717, 1.165) is 0 Å². The van der Waals surface area contributed by atoms with Crippen molar-refractivity contribution in [3.05, 3.63) is 18.5 Å². The zero-order chi connectivity index (χ0) is 12.0. The number of aromatic nitrogens is 2. The van der Waals surface area contributed by atoms with Crippen molar-refractivity contribution in [2.45, 2.75) is 31.1 Å². The number of thioether (sulfide) groups is 1. The van der Waals surface area contributed by atoms with Gasteiger partial charge >= 0.3 is 0 Å². The van der Waals surface area contributed by atoms with Crippen LogP contribution in [0.15, 0.2) is 23.6 Å². The molecule has 0 aliphatic heterocycles. The number of nitrogens with two attached hydrogens (primary N) is 1. The van der Waals surface area contributed by atoms with E-state index in [-0.39, 0.29) is 18.0 Å². The van der Waals surface area contributed by atoms with E-state index in [2.05, 4.69) is 15.3 Å². The molecule has 0 saturated heterocycles. The van der Waals surface area contributed by atoms with Crippen molar-refractivity contribution in [1.29, 1.82) is 0 Å². The van der Waals surface area contributed by atoms with E-state index in [4.69, 9.17) is 5.73 Å². The third-order valence-corrected chi connectivity index (χ3v) is 2.77. The van der Waals surface area contributed by atoms with Gasteiger partial charge in [-0.15, -0.1) is 0 Å². The van der Waals surface area contributed by atoms with Gasteiger partial charge in [-0.3, -0.25) is 4.79 Å². The molecule has 1 amide bonds. The van der Waals surface area contributed by atoms with Gasteiger partial charge in [0.2, 0.25) is 5.91 Å². The molecule has 1 atom stereocenters. The highest BCUT2D eigenvalue weighted by molar-refractivity contribution is 7.99. The minimum atomic E-state index is -0.353. The van der Waals surface area contributed by atoms with Crippen molar-refractivity contribution >= 4 is 17.7 Å². The molecule has 16 heavy (non-hydrogen) atoms. The van der Waals surface area contributed by atoms with E-state index in [0.29, 0.717) is 10.9 Å². The quantitative estimate of drug-likeness (QED) is 0.556. The largest absolute Gasteiger partial charge is 0.368 e. The molecule has 1 rings (SSSR count). The van der Waals surface area contributed by atoms with Gasteiger partial charge in [0.15, 0.2) is 5.16 Å². The van der Waals surface area contributed by atoms with Crippen LogP contribution in [0.25, 0.3) is 0 Å². The van der Waals surface area contributed by atoms with Gasteiger partial charge in [0.05, 0.1) is 6.04 Å². The topological polar surface area (TPSA) is 80.9 Å². The Balaban J connectivity index is 2.47. The van der Waals surface area contributed by atoms with Crippen LogP contribution in [0.5, 0.6) is 0 Å². The summed E-state index contributed by atoms with van der Waals surface area (Å²) in [5.41, 5.74) is 5.29. The Bertz CT molecular complexity index is 331. The summed E-state index contributed by atoms with van der Waals surface area (Å²) in [5.74, 6) is 0.189. The zero-order valence-corrected chi connectivity index (χ0v) is 10.2. The van der Waals surface area contributed by atoms with Gasteiger partial charge < -0.3 is 11.1 Å². The summed E-state index contributed by atoms with van der Waals surface area (Å²) < 4.78 is 0. The lowest BCUT2D eigenvalue weighted by molar-refractivity contribution is -0.119. The molecule has 6 heteroatoms. The molecule has 0 saturated carbocycles. The van der Waals surface area contributed by atoms with Crippen LogP contribution < -0.4 is 11.1 Å². The maximum atomic E-state index is 11.2. The average molecular weight is 240 g/mol. The lowest BCUT2D eigenvalue weighted by Gasteiger charge is -2.17. The van der Waals surface area contributed by atoms with Crippen LogP contribution >= 0.6 is 11.8 Å². The highest BCUT2D eigenvalue weighted by atomic mass is 32.2. The van der Waals surface area contributed by atoms with Crippen molar-refractivity contribution in [1.82, 2.24) is 15.3 Å². The van der Waals surface area contributed by atoms with E-state index < -0.39 is 0 Å². The number of amides is 1. The molecule has 1 unspecified atom stereocenters. The minimum Gasteiger partial charge on any atom is -0.368 e. The predicted molar refractivity (Wildman–Crippen MR) is 64.0 cm³/mol. The third-order valence-electron chi connectivity index (χ3n) is 1.80. The van der Waals surface area contributed by atoms with Crippen LogP contribution in [0.1, 0.15) is 13.8 Å². The molecule has 0 aliphatic carbocycles. The van der Waals surface area contributed by atoms with Gasteiger partial charge in [0.1, 0.15) is 0 Å². The van der Waals surface area contributed by atoms with Gasteiger partial charge in [-0.05, 0) is 6.07 Å². The van der Waals surface area contributed by atoms with Crippen LogP contribution in [-0.2, 0) is 4.79 Å². The summed E-state index contributed by atoms with van der Waals surface area (Å²) in [7, 11) is 0. The first-order valence-corrected chi connectivity index (χ1v) is 6.03. The fourth-order valence-corrected chi connectivity index (χ4v) is 1.98. The van der Waals surface area contributed by atoms with Gasteiger partial charge in [0, 0.05) is 24.2 Å². The number of carbonyl (C=O) groups excluding carboxylic acids is 1. The highest BCUT2D eigenvalue weighted by Crippen LogP contribution is 2.12. The monoisotopic (exact) mass is 240 g/mol. The number of nitrogens with zero attached hydrogens (tertiary/aromatic N) is 2. The summed E-state index contributed by atoms with van der Waals surface area (Å²) in [4.78, 5) is 19.3. The molecule has 88 valence electrons. The molecule has 1 aromatic rings. The second kappa shape index (κ2) is 6.44. The Morgan fingerprint density at radius 2 is 2.12 bits per heavy atom. The maximum Gasteiger partial charge on any atom is 0.235 e. The minimum absolute atomic E-state index is 0.217. The maximum absolute atomic E-state index is 11.2. The molecule has 0 aromatic carbocycles. The van der Waals surface area contributed by atoms with E-state index in [1.165, 1.54) is 11.8 Å². The summed E-state index contributed by atoms with van der Waals surface area (Å²) in [5, 5.41) is 3.75. The Labute approximate surface area is 99.2 Å². The number of carbonyl (C=O) groups is 1. The van der Waals surface area contributed by atoms with Crippen molar-refractivity contribution < 1.29 is 4.79 Å². The third kappa shape index (κ3) is 4.59. The molecule has 0 fully saturated rings. The summed E-state index contributed by atoms with van der Waals surface area (Å²) in [6.07, 6.45) is 3.34. The van der Waals surface area contributed by atoms with Gasteiger partial charge in [-0.2, -0.15) is 0 Å². The molecule has 0 radical (unpaired) electrons. The molecular formula is C10H16N4OS. The van der Waals surface area contributed by atoms with Gasteiger partial charge in [0.25, 0.3) is 0 Å². The molecule has 0 bridgehead atoms. The van der Waals surface area contributed by atoms with Crippen molar-refractivity contribution in [3.8, 4) is 0 Å². The molecule has 5 nitrogen and oxygen atoms in total. The predicted octanol–water partition coefficient (Wildman–Crippen LogP) is 0.421. The molecule has 1 heterocycles. The Hall–Kier alpha value is -1.14. The van der Waals surface area contributed by atoms with Gasteiger partial charge in [-0.25, -0.2) is 9.97 Å². The van der Waals surface area contributed by atoms with Crippen LogP contribution in [0.2, 0.25) is 0 Å². The van der Waals surface area contributed by atoms with E-state index in [9.17, 15) is 4.79 Å². The Morgan fingerprint density at radius 3 is 2.62 bits per heavy atom. The molecular weight excluding hydrogens is 224 g/mol. The molecule has 0 spiro atoms. The van der Waals surface area contributed by atoms with Crippen LogP contribution in [0.4, 0.5) is 0 Å². The number of hydrogen-bond acceptors (Lipinski definition) is 5. The summed E-state index contributed by atoms with van der Waals surface area (Å²) in [6.45, 7) is 3.94. The molecule has 3 N–H and O–H groups in total. The Kier molecular flexibility index (Phi) is 5.21. The highest BCUT2D eigenvalue weighted by Gasteiger charge is 2.16. The first-order chi connectivity index (χ1) is 7.59. The van der Waals surface area contributed by atoms with Crippen molar-refractivity contribution in [3.63, 3.8) is 0 Å². The molecule has 0 aliphatic rings. The van der Waals surface area contributed by atoms with Gasteiger partial charge in [-0.1, -0.05) is 25.6 Å². The first kappa shape index (κ1) is 12.9. The summed E-state index contributed by atoms with van der Waals surface area (Å²) in [6, 6.07) is 1.62. The lowest BCUT2D eigenvalue weighted by Crippen LogP contribution is -2.46. The SMILES string of the molecule is CC(C)NC(CSc1ncccn1)C(N)=O. The van der Waals surface area contributed by atoms with Crippen LogP contribution in [0.3, 0.4) is 0 Å². The first-order valence-electron chi connectivity index (χ1n) is 5.04. The van der Waals surface area contributed by atoms with Crippen molar-refractivity contribution in [2.75, 3.05) is 5.75 Å². The smallest absolute Gasteiger partial charge is 0.235 e. The second-order valence-electron chi connectivity index (χ2n) is 3.62. The average Bonchev–Trinajstić information content (AvgIpc) is 2.25. The second-order valence-corrected chi connectivity index (χ2v) is 4.61. The van der Waals surface area contributed by atoms with E-state index in [1.54, 1.807) is 18.5 Å². The lowest BCUT2D eigenvalue weighted by atomic mass is 10.3.